The van der Waals surface area contributed by atoms with Gasteiger partial charge in [-0.1, -0.05) is 6.92 Å². The molecule has 0 aromatic heterocycles. The molecule has 2 N–H and O–H groups in total. The first-order valence-corrected chi connectivity index (χ1v) is 5.12. The summed E-state index contributed by atoms with van der Waals surface area (Å²) in [6, 6.07) is 0.357. The predicted octanol–water partition coefficient (Wildman–Crippen LogP) is 1.06. The highest BCUT2D eigenvalue weighted by atomic mass is 16.3. The molecule has 1 amide bonds. The van der Waals surface area contributed by atoms with E-state index in [0.717, 1.165) is 18.8 Å². The third kappa shape index (κ3) is 3.77. The maximum absolute atomic E-state index is 11.1. The van der Waals surface area contributed by atoms with E-state index in [0.29, 0.717) is 6.04 Å². The highest BCUT2D eigenvalue weighted by molar-refractivity contribution is 5.76. The van der Waals surface area contributed by atoms with Gasteiger partial charge < -0.3 is 10.4 Å². The molecule has 76 valence electrons. The van der Waals surface area contributed by atoms with E-state index in [9.17, 15) is 4.79 Å². The van der Waals surface area contributed by atoms with E-state index in [2.05, 4.69) is 12.2 Å². The lowest BCUT2D eigenvalue weighted by Crippen LogP contribution is -2.37. The van der Waals surface area contributed by atoms with E-state index in [4.69, 9.17) is 5.11 Å². The van der Waals surface area contributed by atoms with Gasteiger partial charge in [0, 0.05) is 12.5 Å². The van der Waals surface area contributed by atoms with Crippen molar-refractivity contribution in [3.05, 3.63) is 0 Å². The van der Waals surface area contributed by atoms with E-state index in [1.54, 1.807) is 0 Å². The Morgan fingerprint density at radius 2 is 2.00 bits per heavy atom. The number of aliphatic hydroxyl groups is 1. The Kier molecular flexibility index (Phi) is 4.22. The highest BCUT2D eigenvalue weighted by Gasteiger charge is 2.19. The van der Waals surface area contributed by atoms with Gasteiger partial charge in [-0.25, -0.2) is 0 Å². The van der Waals surface area contributed by atoms with Gasteiger partial charge in [-0.05, 0) is 31.6 Å². The van der Waals surface area contributed by atoms with Crippen molar-refractivity contribution in [2.75, 3.05) is 6.61 Å². The second-order valence-electron chi connectivity index (χ2n) is 4.00. The van der Waals surface area contributed by atoms with Gasteiger partial charge in [0.2, 0.25) is 5.91 Å². The third-order valence-electron chi connectivity index (χ3n) is 2.72. The minimum Gasteiger partial charge on any atom is -0.396 e. The van der Waals surface area contributed by atoms with Crippen LogP contribution in [0.4, 0.5) is 0 Å². The Labute approximate surface area is 79.5 Å². The van der Waals surface area contributed by atoms with E-state index in [1.807, 2.05) is 0 Å². The maximum Gasteiger partial charge on any atom is 0.222 e. The van der Waals surface area contributed by atoms with Crippen LogP contribution in [0.5, 0.6) is 0 Å². The highest BCUT2D eigenvalue weighted by Crippen LogP contribution is 2.23. The summed E-state index contributed by atoms with van der Waals surface area (Å²) in [7, 11) is 0. The molecule has 1 aliphatic carbocycles. The van der Waals surface area contributed by atoms with Crippen molar-refractivity contribution in [1.29, 1.82) is 0 Å². The van der Waals surface area contributed by atoms with Crippen molar-refractivity contribution < 1.29 is 9.90 Å². The van der Waals surface area contributed by atoms with Crippen LogP contribution in [-0.2, 0) is 4.79 Å². The minimum atomic E-state index is -0.0467. The monoisotopic (exact) mass is 185 g/mol. The van der Waals surface area contributed by atoms with Crippen molar-refractivity contribution >= 4 is 5.91 Å². The minimum absolute atomic E-state index is 0.0120. The smallest absolute Gasteiger partial charge is 0.222 e. The number of rotatable bonds is 3. The third-order valence-corrected chi connectivity index (χ3v) is 2.72. The summed E-state index contributed by atoms with van der Waals surface area (Å²) in [5.41, 5.74) is 0. The molecule has 0 unspecified atom stereocenters. The average Bonchev–Trinajstić information content (AvgIpc) is 2.09. The summed E-state index contributed by atoms with van der Waals surface area (Å²) in [6.45, 7) is 2.21. The molecule has 1 saturated carbocycles. The fourth-order valence-electron chi connectivity index (χ4n) is 1.81. The molecule has 0 heterocycles. The molecule has 1 fully saturated rings. The van der Waals surface area contributed by atoms with Gasteiger partial charge in [0.05, 0.1) is 6.61 Å². The van der Waals surface area contributed by atoms with Crippen molar-refractivity contribution in [2.24, 2.45) is 5.92 Å². The number of amides is 1. The maximum atomic E-state index is 11.1. The fourth-order valence-corrected chi connectivity index (χ4v) is 1.81. The van der Waals surface area contributed by atoms with Gasteiger partial charge in [0.25, 0.3) is 0 Å². The number of aliphatic hydroxyl groups excluding tert-OH is 1. The molecule has 1 rings (SSSR count). The molecule has 0 atom stereocenters. The van der Waals surface area contributed by atoms with Crippen LogP contribution in [0.3, 0.4) is 0 Å². The van der Waals surface area contributed by atoms with Gasteiger partial charge in [0.15, 0.2) is 0 Å². The summed E-state index contributed by atoms with van der Waals surface area (Å²) in [6.07, 6.45) is 4.86. The molecule has 0 spiro atoms. The molecule has 0 aromatic rings. The van der Waals surface area contributed by atoms with Crippen LogP contribution >= 0.6 is 0 Å². The van der Waals surface area contributed by atoms with Crippen LogP contribution < -0.4 is 5.32 Å². The van der Waals surface area contributed by atoms with E-state index >= 15 is 0 Å². The van der Waals surface area contributed by atoms with Gasteiger partial charge in [0.1, 0.15) is 0 Å². The SMILES string of the molecule is C[C@H]1CC[C@H](NC(=O)CCO)CC1. The zero-order chi connectivity index (χ0) is 9.68. The molecule has 0 radical (unpaired) electrons. The molecule has 0 bridgehead atoms. The molecule has 13 heavy (non-hydrogen) atoms. The van der Waals surface area contributed by atoms with Crippen LogP contribution in [0.15, 0.2) is 0 Å². The van der Waals surface area contributed by atoms with Crippen LogP contribution in [0.2, 0.25) is 0 Å². The summed E-state index contributed by atoms with van der Waals surface area (Å²) in [4.78, 5) is 11.1. The predicted molar refractivity (Wildman–Crippen MR) is 51.3 cm³/mol. The molecule has 3 nitrogen and oxygen atoms in total. The average molecular weight is 185 g/mol. The zero-order valence-electron chi connectivity index (χ0n) is 8.25. The quantitative estimate of drug-likeness (QED) is 0.691. The zero-order valence-corrected chi connectivity index (χ0v) is 8.25. The molecular formula is C10H19NO2. The summed E-state index contributed by atoms with van der Waals surface area (Å²) in [5, 5.41) is 11.5. The van der Waals surface area contributed by atoms with E-state index < -0.39 is 0 Å². The molecular weight excluding hydrogens is 166 g/mol. The van der Waals surface area contributed by atoms with Crippen molar-refractivity contribution in [3.63, 3.8) is 0 Å². The lowest BCUT2D eigenvalue weighted by atomic mass is 9.87. The van der Waals surface area contributed by atoms with Crippen molar-refractivity contribution in [3.8, 4) is 0 Å². The summed E-state index contributed by atoms with van der Waals surface area (Å²) >= 11 is 0. The first-order chi connectivity index (χ1) is 6.22. The molecule has 0 aromatic carbocycles. The first-order valence-electron chi connectivity index (χ1n) is 5.12. The van der Waals surface area contributed by atoms with Crippen molar-refractivity contribution in [1.82, 2.24) is 5.32 Å². The number of carbonyl (C=O) groups is 1. The Balaban J connectivity index is 2.18. The number of nitrogens with one attached hydrogen (secondary N) is 1. The Bertz CT molecular complexity index is 162. The second kappa shape index (κ2) is 5.22. The summed E-state index contributed by atoms with van der Waals surface area (Å²) < 4.78 is 0. The van der Waals surface area contributed by atoms with Crippen molar-refractivity contribution in [2.45, 2.75) is 45.1 Å². The van der Waals surface area contributed by atoms with Gasteiger partial charge in [-0.15, -0.1) is 0 Å². The summed E-state index contributed by atoms with van der Waals surface area (Å²) in [5.74, 6) is 0.799. The number of hydrogen-bond acceptors (Lipinski definition) is 2. The fraction of sp³-hybridized carbons (Fsp3) is 0.900. The van der Waals surface area contributed by atoms with Gasteiger partial charge >= 0.3 is 0 Å². The lowest BCUT2D eigenvalue weighted by molar-refractivity contribution is -0.122. The topological polar surface area (TPSA) is 49.3 Å². The van der Waals surface area contributed by atoms with Crippen LogP contribution in [-0.4, -0.2) is 23.7 Å². The molecule has 0 saturated heterocycles. The molecule has 1 aliphatic rings. The normalized spacial score (nSPS) is 28.5. The standard InChI is InChI=1S/C10H19NO2/c1-8-2-4-9(5-3-8)11-10(13)6-7-12/h8-9,12H,2-7H2,1H3,(H,11,13)/t8-,9-. The first kappa shape index (κ1) is 10.5. The van der Waals surface area contributed by atoms with E-state index in [-0.39, 0.29) is 18.9 Å². The number of carbonyl (C=O) groups excluding carboxylic acids is 1. The van der Waals surface area contributed by atoms with E-state index in [1.165, 1.54) is 12.8 Å². The van der Waals surface area contributed by atoms with Crippen LogP contribution in [0.25, 0.3) is 0 Å². The van der Waals surface area contributed by atoms with Crippen LogP contribution in [0.1, 0.15) is 39.0 Å². The molecule has 3 heteroatoms. The Hall–Kier alpha value is -0.570. The number of hydrogen-bond donors (Lipinski definition) is 2. The van der Waals surface area contributed by atoms with Crippen LogP contribution in [0, 0.1) is 5.92 Å². The lowest BCUT2D eigenvalue weighted by Gasteiger charge is -2.26. The van der Waals surface area contributed by atoms with Gasteiger partial charge in [-0.2, -0.15) is 0 Å². The molecule has 0 aliphatic heterocycles. The largest absolute Gasteiger partial charge is 0.396 e. The Morgan fingerprint density at radius 3 is 2.54 bits per heavy atom. The Morgan fingerprint density at radius 1 is 1.38 bits per heavy atom. The van der Waals surface area contributed by atoms with Gasteiger partial charge in [-0.3, -0.25) is 4.79 Å². The second-order valence-corrected chi connectivity index (χ2v) is 4.00.